The Morgan fingerprint density at radius 3 is 2.88 bits per heavy atom. The van der Waals surface area contributed by atoms with Crippen molar-refractivity contribution in [3.05, 3.63) is 11.6 Å². The first kappa shape index (κ1) is 15.6. The Morgan fingerprint density at radius 2 is 2.04 bits per heavy atom. The Kier molecular flexibility index (Phi) is 3.07. The topological polar surface area (TPSA) is 46.5 Å². The second kappa shape index (κ2) is 4.73. The van der Waals surface area contributed by atoms with Crippen molar-refractivity contribution in [2.45, 2.75) is 71.0 Å². The van der Waals surface area contributed by atoms with Gasteiger partial charge in [0.25, 0.3) is 0 Å². The molecule has 3 heteroatoms. The number of hydrogen-bond donors (Lipinski definition) is 1. The molecular formula is C21H30O3. The Labute approximate surface area is 144 Å². The zero-order valence-corrected chi connectivity index (χ0v) is 15.0. The molecule has 3 nitrogen and oxygen atoms in total. The molecule has 0 aromatic rings. The van der Waals surface area contributed by atoms with Gasteiger partial charge < -0.3 is 9.84 Å². The van der Waals surface area contributed by atoms with E-state index in [1.54, 1.807) is 5.57 Å². The summed E-state index contributed by atoms with van der Waals surface area (Å²) in [4.78, 5) is 12.0. The molecule has 5 rings (SSSR count). The number of Topliss-reactive ketones (excluding diaryl/α,β-unsaturated/α-hetero) is 1. The van der Waals surface area contributed by atoms with Crippen molar-refractivity contribution < 1.29 is 14.6 Å². The molecule has 1 N–H and O–H groups in total. The van der Waals surface area contributed by atoms with Crippen LogP contribution in [0.5, 0.6) is 0 Å². The molecule has 1 aliphatic heterocycles. The Hall–Kier alpha value is -0.670. The van der Waals surface area contributed by atoms with E-state index in [1.165, 1.54) is 19.3 Å². The Balaban J connectivity index is 1.53. The van der Waals surface area contributed by atoms with Gasteiger partial charge in [-0.25, -0.2) is 0 Å². The molecule has 0 amide bonds. The number of ketones is 1. The minimum absolute atomic E-state index is 0.172. The van der Waals surface area contributed by atoms with Gasteiger partial charge in [-0.05, 0) is 68.6 Å². The minimum atomic E-state index is -0.932. The molecule has 1 heterocycles. The van der Waals surface area contributed by atoms with E-state index in [9.17, 15) is 9.90 Å². The van der Waals surface area contributed by atoms with E-state index >= 15 is 0 Å². The fourth-order valence-electron chi connectivity index (χ4n) is 7.59. The van der Waals surface area contributed by atoms with Crippen molar-refractivity contribution in [2.24, 2.45) is 34.5 Å². The van der Waals surface area contributed by atoms with E-state index in [-0.39, 0.29) is 10.8 Å². The van der Waals surface area contributed by atoms with Crippen molar-refractivity contribution in [3.63, 3.8) is 0 Å². The maximum Gasteiger partial charge on any atom is 0.166 e. The van der Waals surface area contributed by atoms with Crippen molar-refractivity contribution in [2.75, 3.05) is 6.61 Å². The lowest BCUT2D eigenvalue weighted by Crippen LogP contribution is -2.49. The molecule has 0 unspecified atom stereocenters. The third-order valence-corrected chi connectivity index (χ3v) is 8.85. The standard InChI is InChI=1S/C21H30O3/c1-19-9-7-14(22)11-13(19)3-4-15-16(19)8-10-21-12-24-20(2,23)18(21)6-5-17(15)21/h8,13,15,17-18,23H,3-7,9-12H2,1-2H3/t13-,15+,17-,18+,19-,20-,21+/m0/s1. The van der Waals surface area contributed by atoms with Crippen molar-refractivity contribution in [1.82, 2.24) is 0 Å². The third kappa shape index (κ3) is 1.78. The summed E-state index contributed by atoms with van der Waals surface area (Å²) in [5, 5.41) is 10.7. The van der Waals surface area contributed by atoms with Gasteiger partial charge in [-0.2, -0.15) is 0 Å². The van der Waals surface area contributed by atoms with Gasteiger partial charge in [-0.15, -0.1) is 0 Å². The molecular weight excluding hydrogens is 300 g/mol. The van der Waals surface area contributed by atoms with Crippen molar-refractivity contribution in [1.29, 1.82) is 0 Å². The van der Waals surface area contributed by atoms with Crippen LogP contribution in [0.15, 0.2) is 11.6 Å². The van der Waals surface area contributed by atoms with E-state index in [0.717, 1.165) is 38.7 Å². The Bertz CT molecular complexity index is 621. The first-order valence-corrected chi connectivity index (χ1v) is 9.95. The summed E-state index contributed by atoms with van der Waals surface area (Å²) in [6.07, 6.45) is 11.0. The maximum absolute atomic E-state index is 12.0. The summed E-state index contributed by atoms with van der Waals surface area (Å²) in [5.41, 5.74) is 2.10. The highest BCUT2D eigenvalue weighted by molar-refractivity contribution is 5.80. The van der Waals surface area contributed by atoms with Crippen LogP contribution in [-0.2, 0) is 9.53 Å². The number of ether oxygens (including phenoxy) is 1. The second-order valence-electron chi connectivity index (χ2n) is 9.72. The molecule has 4 aliphatic carbocycles. The SMILES string of the molecule is C[C@]1(O)OC[C@]23CC=C4[C@@H](CC[C@H]5CC(=O)CC[C@]45C)[C@@H]2CC[C@@H]31. The fourth-order valence-corrected chi connectivity index (χ4v) is 7.59. The molecule has 7 atom stereocenters. The molecule has 0 aromatic carbocycles. The number of allylic oxidation sites excluding steroid dienone is 2. The predicted molar refractivity (Wildman–Crippen MR) is 91.1 cm³/mol. The highest BCUT2D eigenvalue weighted by Gasteiger charge is 2.65. The average molecular weight is 330 g/mol. The number of aliphatic hydroxyl groups is 1. The largest absolute Gasteiger partial charge is 0.365 e. The lowest BCUT2D eigenvalue weighted by atomic mass is 9.48. The lowest BCUT2D eigenvalue weighted by molar-refractivity contribution is -0.180. The Morgan fingerprint density at radius 1 is 1.21 bits per heavy atom. The van der Waals surface area contributed by atoms with Crippen LogP contribution in [0.3, 0.4) is 0 Å². The smallest absolute Gasteiger partial charge is 0.166 e. The van der Waals surface area contributed by atoms with Crippen LogP contribution >= 0.6 is 0 Å². The molecule has 1 spiro atoms. The van der Waals surface area contributed by atoms with Gasteiger partial charge in [0.15, 0.2) is 5.79 Å². The number of hydrogen-bond acceptors (Lipinski definition) is 3. The second-order valence-corrected chi connectivity index (χ2v) is 9.72. The molecule has 0 bridgehead atoms. The third-order valence-electron chi connectivity index (χ3n) is 8.85. The van der Waals surface area contributed by atoms with Crippen LogP contribution < -0.4 is 0 Å². The van der Waals surface area contributed by atoms with Crippen molar-refractivity contribution >= 4 is 5.78 Å². The summed E-state index contributed by atoms with van der Waals surface area (Å²) in [5.74, 6) is 1.74. The number of fused-ring (bicyclic) bond motifs is 4. The first-order valence-electron chi connectivity index (χ1n) is 9.95. The molecule has 3 saturated carbocycles. The average Bonchev–Trinajstić information content (AvgIpc) is 3.04. The van der Waals surface area contributed by atoms with Crippen LogP contribution in [-0.4, -0.2) is 23.3 Å². The summed E-state index contributed by atoms with van der Waals surface area (Å²) in [7, 11) is 0. The molecule has 24 heavy (non-hydrogen) atoms. The molecule has 4 fully saturated rings. The van der Waals surface area contributed by atoms with Crippen LogP contribution in [0.25, 0.3) is 0 Å². The van der Waals surface area contributed by atoms with Crippen LogP contribution in [0.2, 0.25) is 0 Å². The number of rotatable bonds is 0. The summed E-state index contributed by atoms with van der Waals surface area (Å²) in [6, 6.07) is 0. The van der Waals surface area contributed by atoms with Crippen molar-refractivity contribution in [3.8, 4) is 0 Å². The maximum atomic E-state index is 12.0. The van der Waals surface area contributed by atoms with Gasteiger partial charge in [0.05, 0.1) is 6.61 Å². The number of carbonyl (C=O) groups excluding carboxylic acids is 1. The van der Waals surface area contributed by atoms with E-state index in [2.05, 4.69) is 13.0 Å². The highest BCUT2D eigenvalue weighted by atomic mass is 16.6. The fraction of sp³-hybridized carbons (Fsp3) is 0.857. The van der Waals surface area contributed by atoms with Gasteiger partial charge in [-0.3, -0.25) is 4.79 Å². The van der Waals surface area contributed by atoms with Crippen LogP contribution in [0.4, 0.5) is 0 Å². The van der Waals surface area contributed by atoms with Gasteiger partial charge in [0.2, 0.25) is 0 Å². The molecule has 0 radical (unpaired) electrons. The first-order chi connectivity index (χ1) is 11.4. The molecule has 5 aliphatic rings. The molecule has 0 aromatic heterocycles. The van der Waals surface area contributed by atoms with E-state index in [1.807, 2.05) is 6.92 Å². The molecule has 1 saturated heterocycles. The van der Waals surface area contributed by atoms with E-state index < -0.39 is 5.79 Å². The van der Waals surface area contributed by atoms with Gasteiger partial charge in [0.1, 0.15) is 5.78 Å². The highest BCUT2D eigenvalue weighted by Crippen LogP contribution is 2.68. The minimum Gasteiger partial charge on any atom is -0.365 e. The van der Waals surface area contributed by atoms with Gasteiger partial charge in [-0.1, -0.05) is 18.6 Å². The predicted octanol–water partition coefficient (Wildman–Crippen LogP) is 3.85. The van der Waals surface area contributed by atoms with Crippen LogP contribution in [0, 0.1) is 34.5 Å². The summed E-state index contributed by atoms with van der Waals surface area (Å²) in [6.45, 7) is 5.04. The summed E-state index contributed by atoms with van der Waals surface area (Å²) >= 11 is 0. The summed E-state index contributed by atoms with van der Waals surface area (Å²) < 4.78 is 5.87. The zero-order chi connectivity index (χ0) is 16.7. The zero-order valence-electron chi connectivity index (χ0n) is 15.0. The quantitative estimate of drug-likeness (QED) is 0.686. The van der Waals surface area contributed by atoms with Gasteiger partial charge in [0, 0.05) is 24.2 Å². The van der Waals surface area contributed by atoms with Crippen LogP contribution in [0.1, 0.15) is 65.2 Å². The molecule has 132 valence electrons. The monoisotopic (exact) mass is 330 g/mol. The van der Waals surface area contributed by atoms with Gasteiger partial charge >= 0.3 is 0 Å². The number of carbonyl (C=O) groups is 1. The van der Waals surface area contributed by atoms with E-state index in [0.29, 0.717) is 29.5 Å². The lowest BCUT2D eigenvalue weighted by Gasteiger charge is -2.55. The normalized spacial score (nSPS) is 56.1. The van der Waals surface area contributed by atoms with E-state index in [4.69, 9.17) is 4.74 Å².